The van der Waals surface area contributed by atoms with Gasteiger partial charge in [-0.05, 0) is 50.2 Å². The minimum atomic E-state index is -0.159. The maximum Gasteiger partial charge on any atom is 0.287 e. The van der Waals surface area contributed by atoms with Crippen LogP contribution in [0.25, 0.3) is 11.3 Å². The molecule has 0 spiro atoms. The van der Waals surface area contributed by atoms with Crippen LogP contribution in [-0.4, -0.2) is 44.6 Å². The van der Waals surface area contributed by atoms with E-state index in [1.165, 1.54) is 0 Å². The quantitative estimate of drug-likeness (QED) is 0.922. The molecule has 2 aromatic rings. The fourth-order valence-electron chi connectivity index (χ4n) is 2.91. The first-order valence-electron chi connectivity index (χ1n) is 7.86. The smallest absolute Gasteiger partial charge is 0.287 e. The van der Waals surface area contributed by atoms with Gasteiger partial charge in [-0.15, -0.1) is 0 Å². The Balaban J connectivity index is 1.62. The highest BCUT2D eigenvalue weighted by Gasteiger charge is 2.21. The molecular formula is C18H22N2O3. The van der Waals surface area contributed by atoms with E-state index in [4.69, 9.17) is 9.15 Å². The van der Waals surface area contributed by atoms with Crippen molar-refractivity contribution in [1.29, 1.82) is 0 Å². The number of ether oxygens (including phenoxy) is 1. The van der Waals surface area contributed by atoms with Gasteiger partial charge in [-0.25, -0.2) is 0 Å². The minimum absolute atomic E-state index is 0.159. The molecule has 1 aromatic heterocycles. The van der Waals surface area contributed by atoms with Crippen LogP contribution < -0.4 is 10.1 Å². The average Bonchev–Trinajstić information content (AvgIpc) is 3.22. The van der Waals surface area contributed by atoms with E-state index in [0.717, 1.165) is 30.8 Å². The Hall–Kier alpha value is -2.27. The highest BCUT2D eigenvalue weighted by molar-refractivity contribution is 5.92. The number of hydrogen-bond donors (Lipinski definition) is 1. The van der Waals surface area contributed by atoms with Crippen LogP contribution in [0.5, 0.6) is 5.75 Å². The van der Waals surface area contributed by atoms with E-state index in [1.807, 2.05) is 30.3 Å². The van der Waals surface area contributed by atoms with Gasteiger partial charge in [0.25, 0.3) is 5.91 Å². The minimum Gasteiger partial charge on any atom is -0.497 e. The van der Waals surface area contributed by atoms with Crippen LogP contribution in [0.1, 0.15) is 17.0 Å². The summed E-state index contributed by atoms with van der Waals surface area (Å²) in [6, 6.07) is 11.1. The van der Waals surface area contributed by atoms with Gasteiger partial charge in [-0.3, -0.25) is 4.79 Å². The number of methoxy groups -OCH3 is 1. The lowest BCUT2D eigenvalue weighted by molar-refractivity contribution is 0.0920. The summed E-state index contributed by atoms with van der Waals surface area (Å²) in [5.41, 5.74) is 0.890. The largest absolute Gasteiger partial charge is 0.497 e. The van der Waals surface area contributed by atoms with E-state index < -0.39 is 0 Å². The van der Waals surface area contributed by atoms with Crippen LogP contribution in [0.4, 0.5) is 0 Å². The van der Waals surface area contributed by atoms with Crippen molar-refractivity contribution in [2.45, 2.75) is 6.42 Å². The van der Waals surface area contributed by atoms with Crippen molar-refractivity contribution in [3.8, 4) is 17.1 Å². The molecule has 1 fully saturated rings. The summed E-state index contributed by atoms with van der Waals surface area (Å²) < 4.78 is 10.9. The molecule has 23 heavy (non-hydrogen) atoms. The van der Waals surface area contributed by atoms with Crippen LogP contribution >= 0.6 is 0 Å². The third kappa shape index (κ3) is 3.74. The van der Waals surface area contributed by atoms with Gasteiger partial charge in [0.2, 0.25) is 0 Å². The predicted octanol–water partition coefficient (Wildman–Crippen LogP) is 2.64. The highest BCUT2D eigenvalue weighted by atomic mass is 16.5. The average molecular weight is 314 g/mol. The second-order valence-electron chi connectivity index (χ2n) is 6.02. The van der Waals surface area contributed by atoms with E-state index in [0.29, 0.717) is 24.0 Å². The lowest BCUT2D eigenvalue weighted by Crippen LogP contribution is -2.30. The molecule has 3 rings (SSSR count). The molecule has 1 N–H and O–H groups in total. The number of hydrogen-bond acceptors (Lipinski definition) is 4. The lowest BCUT2D eigenvalue weighted by atomic mass is 10.1. The van der Waals surface area contributed by atoms with Crippen molar-refractivity contribution in [2.75, 3.05) is 33.8 Å². The van der Waals surface area contributed by atoms with Crippen molar-refractivity contribution >= 4 is 5.91 Å². The Bertz CT molecular complexity index is 680. The van der Waals surface area contributed by atoms with Crippen LogP contribution in [0, 0.1) is 5.92 Å². The fourth-order valence-corrected chi connectivity index (χ4v) is 2.91. The third-order valence-electron chi connectivity index (χ3n) is 4.22. The number of likely N-dealkylation sites (tertiary alicyclic amines) is 1. The SMILES string of the molecule is COc1cccc(-c2ccc(C(=O)NCC3CCN(C)C3)o2)c1. The summed E-state index contributed by atoms with van der Waals surface area (Å²) in [6.45, 7) is 2.83. The Kier molecular flexibility index (Phi) is 4.67. The Morgan fingerprint density at radius 1 is 1.39 bits per heavy atom. The Labute approximate surface area is 136 Å². The molecule has 0 saturated carbocycles. The summed E-state index contributed by atoms with van der Waals surface area (Å²) in [7, 11) is 3.73. The molecule has 1 aliphatic heterocycles. The van der Waals surface area contributed by atoms with Gasteiger partial charge in [0.05, 0.1) is 7.11 Å². The fraction of sp³-hybridized carbons (Fsp3) is 0.389. The number of carbonyl (C=O) groups is 1. The van der Waals surface area contributed by atoms with Crippen LogP contribution in [0.2, 0.25) is 0 Å². The molecule has 5 heteroatoms. The number of carbonyl (C=O) groups excluding carboxylic acids is 1. The summed E-state index contributed by atoms with van der Waals surface area (Å²) in [5, 5.41) is 2.96. The number of benzene rings is 1. The van der Waals surface area contributed by atoms with Crippen molar-refractivity contribution in [1.82, 2.24) is 10.2 Å². The van der Waals surface area contributed by atoms with Gasteiger partial charge in [0.15, 0.2) is 5.76 Å². The van der Waals surface area contributed by atoms with Crippen molar-refractivity contribution < 1.29 is 13.9 Å². The van der Waals surface area contributed by atoms with Gasteiger partial charge < -0.3 is 19.4 Å². The van der Waals surface area contributed by atoms with E-state index >= 15 is 0 Å². The second-order valence-corrected chi connectivity index (χ2v) is 6.02. The van der Waals surface area contributed by atoms with Gasteiger partial charge in [0.1, 0.15) is 11.5 Å². The molecule has 1 aliphatic rings. The van der Waals surface area contributed by atoms with E-state index in [9.17, 15) is 4.79 Å². The first-order valence-corrected chi connectivity index (χ1v) is 7.86. The first-order chi connectivity index (χ1) is 11.2. The molecule has 0 radical (unpaired) electrons. The molecule has 1 atom stereocenters. The Morgan fingerprint density at radius 2 is 2.26 bits per heavy atom. The molecule has 0 aliphatic carbocycles. The summed E-state index contributed by atoms with van der Waals surface area (Å²) >= 11 is 0. The zero-order valence-corrected chi connectivity index (χ0v) is 13.5. The maximum absolute atomic E-state index is 12.2. The standard InChI is InChI=1S/C18H22N2O3/c1-20-9-8-13(12-20)11-19-18(21)17-7-6-16(23-17)14-4-3-5-15(10-14)22-2/h3-7,10,13H,8-9,11-12H2,1-2H3,(H,19,21). The predicted molar refractivity (Wildman–Crippen MR) is 88.6 cm³/mol. The molecule has 0 bridgehead atoms. The van der Waals surface area contributed by atoms with Crippen LogP contribution in [0.3, 0.4) is 0 Å². The molecule has 1 aromatic carbocycles. The van der Waals surface area contributed by atoms with Crippen LogP contribution in [-0.2, 0) is 0 Å². The van der Waals surface area contributed by atoms with Crippen LogP contribution in [0.15, 0.2) is 40.8 Å². The number of furan rings is 1. The molecule has 1 unspecified atom stereocenters. The molecule has 2 heterocycles. The zero-order chi connectivity index (χ0) is 16.2. The summed E-state index contributed by atoms with van der Waals surface area (Å²) in [5.74, 6) is 2.13. The second kappa shape index (κ2) is 6.87. The first kappa shape index (κ1) is 15.6. The third-order valence-corrected chi connectivity index (χ3v) is 4.22. The number of amides is 1. The molecule has 1 amide bonds. The van der Waals surface area contributed by atoms with Gasteiger partial charge in [0, 0.05) is 18.7 Å². The topological polar surface area (TPSA) is 54.7 Å². The lowest BCUT2D eigenvalue weighted by Gasteiger charge is -2.10. The molecule has 122 valence electrons. The van der Waals surface area contributed by atoms with E-state index in [1.54, 1.807) is 13.2 Å². The normalized spacial score (nSPS) is 18.1. The van der Waals surface area contributed by atoms with Crippen molar-refractivity contribution in [3.05, 3.63) is 42.2 Å². The van der Waals surface area contributed by atoms with E-state index in [-0.39, 0.29) is 5.91 Å². The molecule has 5 nitrogen and oxygen atoms in total. The van der Waals surface area contributed by atoms with E-state index in [2.05, 4.69) is 17.3 Å². The Morgan fingerprint density at radius 3 is 3.00 bits per heavy atom. The van der Waals surface area contributed by atoms with Gasteiger partial charge in [-0.2, -0.15) is 0 Å². The van der Waals surface area contributed by atoms with Gasteiger partial charge >= 0.3 is 0 Å². The van der Waals surface area contributed by atoms with Crippen molar-refractivity contribution in [3.63, 3.8) is 0 Å². The number of rotatable bonds is 5. The maximum atomic E-state index is 12.2. The highest BCUT2D eigenvalue weighted by Crippen LogP contribution is 2.25. The molecule has 1 saturated heterocycles. The zero-order valence-electron chi connectivity index (χ0n) is 13.5. The number of nitrogens with one attached hydrogen (secondary N) is 1. The van der Waals surface area contributed by atoms with Crippen molar-refractivity contribution in [2.24, 2.45) is 5.92 Å². The number of nitrogens with zero attached hydrogens (tertiary/aromatic N) is 1. The summed E-state index contributed by atoms with van der Waals surface area (Å²) in [6.07, 6.45) is 1.13. The molecular weight excluding hydrogens is 292 g/mol. The van der Waals surface area contributed by atoms with Gasteiger partial charge in [-0.1, -0.05) is 12.1 Å². The monoisotopic (exact) mass is 314 g/mol. The summed E-state index contributed by atoms with van der Waals surface area (Å²) in [4.78, 5) is 14.5.